The summed E-state index contributed by atoms with van der Waals surface area (Å²) in [5.41, 5.74) is 5.34. The van der Waals surface area contributed by atoms with Crippen molar-refractivity contribution in [3.05, 3.63) is 0 Å². The van der Waals surface area contributed by atoms with Gasteiger partial charge in [-0.2, -0.15) is 0 Å². The second-order valence-electron chi connectivity index (χ2n) is 7.97. The van der Waals surface area contributed by atoms with Gasteiger partial charge in [-0.1, -0.05) is 6.42 Å². The first-order valence-corrected chi connectivity index (χ1v) is 11.4. The number of hydrogen-bond acceptors (Lipinski definition) is 10. The van der Waals surface area contributed by atoms with Crippen LogP contribution in [-0.4, -0.2) is 80.3 Å². The molecule has 0 saturated carbocycles. The maximum Gasteiger partial charge on any atom is 0.333 e. The SMILES string of the molecule is CNC[C@@H](CCCCNCC(=O)CNCNC(=O)CCCC(=O)ON1C(=O)CCC1=O)C(N)=O. The van der Waals surface area contributed by atoms with Gasteiger partial charge in [0.2, 0.25) is 11.8 Å². The Morgan fingerprint density at radius 1 is 1.00 bits per heavy atom. The first-order chi connectivity index (χ1) is 16.2. The third kappa shape index (κ3) is 12.4. The van der Waals surface area contributed by atoms with Gasteiger partial charge in [-0.15, -0.1) is 5.06 Å². The molecule has 0 aromatic carbocycles. The Labute approximate surface area is 198 Å². The molecule has 0 bridgehead atoms. The van der Waals surface area contributed by atoms with Crippen molar-refractivity contribution in [3.63, 3.8) is 0 Å². The van der Waals surface area contributed by atoms with Gasteiger partial charge in [0.1, 0.15) is 0 Å². The van der Waals surface area contributed by atoms with Crippen molar-refractivity contribution in [1.82, 2.24) is 26.3 Å². The summed E-state index contributed by atoms with van der Waals surface area (Å²) in [7, 11) is 1.77. The Morgan fingerprint density at radius 3 is 2.32 bits per heavy atom. The van der Waals surface area contributed by atoms with Crippen LogP contribution in [-0.2, 0) is 33.6 Å². The number of amides is 4. The van der Waals surface area contributed by atoms with Crippen LogP contribution >= 0.6 is 0 Å². The highest BCUT2D eigenvalue weighted by molar-refractivity contribution is 6.01. The van der Waals surface area contributed by atoms with Crippen LogP contribution < -0.4 is 27.0 Å². The predicted octanol–water partition coefficient (Wildman–Crippen LogP) is -1.92. The molecule has 0 spiro atoms. The number of imide groups is 1. The highest BCUT2D eigenvalue weighted by Gasteiger charge is 2.32. The highest BCUT2D eigenvalue weighted by atomic mass is 16.7. The molecule has 13 heteroatoms. The number of ketones is 1. The minimum absolute atomic E-state index is 0.0239. The summed E-state index contributed by atoms with van der Waals surface area (Å²) in [4.78, 5) is 74.0. The monoisotopic (exact) mass is 484 g/mol. The van der Waals surface area contributed by atoms with E-state index in [0.29, 0.717) is 24.6 Å². The van der Waals surface area contributed by atoms with Crippen molar-refractivity contribution >= 4 is 35.4 Å². The summed E-state index contributed by atoms with van der Waals surface area (Å²) in [5, 5.41) is 11.8. The number of unbranched alkanes of at least 4 members (excludes halogenated alkanes) is 1. The highest BCUT2D eigenvalue weighted by Crippen LogP contribution is 2.13. The number of Topliss-reactive ketones (excluding diaryl/α,β-unsaturated/α-hetero) is 1. The van der Waals surface area contributed by atoms with Crippen LogP contribution in [0.15, 0.2) is 0 Å². The summed E-state index contributed by atoms with van der Waals surface area (Å²) >= 11 is 0. The summed E-state index contributed by atoms with van der Waals surface area (Å²) in [6.07, 6.45) is 2.53. The van der Waals surface area contributed by atoms with E-state index >= 15 is 0 Å². The minimum Gasteiger partial charge on any atom is -0.369 e. The number of hydrogen-bond donors (Lipinski definition) is 5. The molecule has 1 rings (SSSR count). The number of carbonyl (C=O) groups excluding carboxylic acids is 6. The van der Waals surface area contributed by atoms with Crippen LogP contribution in [0, 0.1) is 5.92 Å². The summed E-state index contributed by atoms with van der Waals surface area (Å²) in [6, 6.07) is 0. The standard InChI is InChI=1S/C21H36N6O7/c1-23-11-15(21(22)33)5-2-3-10-24-12-16(28)13-25-14-26-17(29)6-4-7-20(32)34-27-18(30)8-9-19(27)31/h15,23-25H,2-14H2,1H3,(H2,22,33)(H,26,29)/t15-/m1/s1. The first kappa shape index (κ1) is 29.1. The van der Waals surface area contributed by atoms with E-state index < -0.39 is 17.8 Å². The van der Waals surface area contributed by atoms with Gasteiger partial charge in [0.25, 0.3) is 11.8 Å². The number of rotatable bonds is 19. The largest absolute Gasteiger partial charge is 0.369 e. The molecule has 192 valence electrons. The van der Waals surface area contributed by atoms with E-state index in [-0.39, 0.29) is 75.4 Å². The fraction of sp³-hybridized carbons (Fsp3) is 0.714. The Kier molecular flexibility index (Phi) is 14.3. The van der Waals surface area contributed by atoms with E-state index in [4.69, 9.17) is 10.6 Å². The molecular formula is C21H36N6O7. The van der Waals surface area contributed by atoms with Crippen molar-refractivity contribution in [3.8, 4) is 0 Å². The second-order valence-corrected chi connectivity index (χ2v) is 7.97. The van der Waals surface area contributed by atoms with Crippen LogP contribution in [0.3, 0.4) is 0 Å². The van der Waals surface area contributed by atoms with Gasteiger partial charge in [-0.3, -0.25) is 29.3 Å². The molecule has 1 heterocycles. The normalized spacial score (nSPS) is 14.2. The van der Waals surface area contributed by atoms with E-state index in [9.17, 15) is 28.8 Å². The van der Waals surface area contributed by atoms with E-state index in [1.807, 2.05) is 0 Å². The molecule has 6 N–H and O–H groups in total. The molecule has 0 aromatic heterocycles. The molecule has 1 fully saturated rings. The van der Waals surface area contributed by atoms with Crippen molar-refractivity contribution in [2.75, 3.05) is 39.9 Å². The lowest BCUT2D eigenvalue weighted by Crippen LogP contribution is -2.38. The quantitative estimate of drug-likeness (QED) is 0.0785. The Morgan fingerprint density at radius 2 is 1.68 bits per heavy atom. The van der Waals surface area contributed by atoms with Gasteiger partial charge in [0, 0.05) is 32.2 Å². The maximum absolute atomic E-state index is 11.8. The zero-order chi connectivity index (χ0) is 25.3. The lowest BCUT2D eigenvalue weighted by atomic mass is 10.0. The minimum atomic E-state index is -0.752. The number of nitrogens with zero attached hydrogens (tertiary/aromatic N) is 1. The second kappa shape index (κ2) is 16.7. The third-order valence-corrected chi connectivity index (χ3v) is 5.05. The lowest BCUT2D eigenvalue weighted by molar-refractivity contribution is -0.197. The summed E-state index contributed by atoms with van der Waals surface area (Å²) < 4.78 is 0. The molecule has 1 aliphatic heterocycles. The van der Waals surface area contributed by atoms with E-state index in [1.165, 1.54) is 0 Å². The smallest absolute Gasteiger partial charge is 0.333 e. The van der Waals surface area contributed by atoms with Crippen molar-refractivity contribution in [2.24, 2.45) is 11.7 Å². The van der Waals surface area contributed by atoms with Crippen LogP contribution in [0.2, 0.25) is 0 Å². The van der Waals surface area contributed by atoms with Crippen LogP contribution in [0.25, 0.3) is 0 Å². The van der Waals surface area contributed by atoms with Gasteiger partial charge in [0.05, 0.1) is 25.7 Å². The lowest BCUT2D eigenvalue weighted by Gasteiger charge is -2.12. The van der Waals surface area contributed by atoms with Crippen molar-refractivity contribution in [2.45, 2.75) is 51.4 Å². The molecule has 13 nitrogen and oxygen atoms in total. The average molecular weight is 485 g/mol. The van der Waals surface area contributed by atoms with E-state index in [1.54, 1.807) is 7.05 Å². The zero-order valence-corrected chi connectivity index (χ0v) is 19.7. The average Bonchev–Trinajstić information content (AvgIpc) is 3.10. The van der Waals surface area contributed by atoms with Crippen molar-refractivity contribution < 1.29 is 33.6 Å². The van der Waals surface area contributed by atoms with Crippen LogP contribution in [0.1, 0.15) is 51.4 Å². The summed E-state index contributed by atoms with van der Waals surface area (Å²) in [5.74, 6) is -2.73. The third-order valence-electron chi connectivity index (χ3n) is 5.05. The summed E-state index contributed by atoms with van der Waals surface area (Å²) in [6.45, 7) is 1.59. The fourth-order valence-corrected chi connectivity index (χ4v) is 3.17. The molecule has 4 amide bonds. The predicted molar refractivity (Wildman–Crippen MR) is 120 cm³/mol. The number of primary amides is 1. The fourth-order valence-electron chi connectivity index (χ4n) is 3.17. The molecule has 0 aromatic rings. The Hall–Kier alpha value is -2.90. The van der Waals surface area contributed by atoms with Crippen molar-refractivity contribution in [1.29, 1.82) is 0 Å². The number of nitrogens with two attached hydrogens (primary N) is 1. The van der Waals surface area contributed by atoms with Crippen LogP contribution in [0.5, 0.6) is 0 Å². The topological polar surface area (TPSA) is 189 Å². The molecule has 1 saturated heterocycles. The van der Waals surface area contributed by atoms with E-state index in [0.717, 1.165) is 12.8 Å². The van der Waals surface area contributed by atoms with Gasteiger partial charge >= 0.3 is 5.97 Å². The van der Waals surface area contributed by atoms with E-state index in [2.05, 4.69) is 21.3 Å². The molecule has 0 unspecified atom stereocenters. The first-order valence-electron chi connectivity index (χ1n) is 11.4. The molecular weight excluding hydrogens is 448 g/mol. The molecule has 34 heavy (non-hydrogen) atoms. The molecule has 0 aliphatic carbocycles. The number of nitrogens with one attached hydrogen (secondary N) is 4. The number of carbonyl (C=O) groups is 6. The van der Waals surface area contributed by atoms with Gasteiger partial charge in [0.15, 0.2) is 5.78 Å². The van der Waals surface area contributed by atoms with Crippen LogP contribution in [0.4, 0.5) is 0 Å². The maximum atomic E-state index is 11.8. The zero-order valence-electron chi connectivity index (χ0n) is 19.7. The molecule has 0 radical (unpaired) electrons. The molecule has 1 atom stereocenters. The Bertz CT molecular complexity index is 714. The van der Waals surface area contributed by atoms with Gasteiger partial charge < -0.3 is 26.5 Å². The van der Waals surface area contributed by atoms with Gasteiger partial charge in [-0.25, -0.2) is 4.79 Å². The Balaban J connectivity index is 1.99. The number of hydroxylamine groups is 2. The molecule has 1 aliphatic rings. The van der Waals surface area contributed by atoms with Gasteiger partial charge in [-0.05, 0) is 32.9 Å².